The quantitative estimate of drug-likeness (QED) is 0.551. The second-order valence-corrected chi connectivity index (χ2v) is 10.7. The van der Waals surface area contributed by atoms with Gasteiger partial charge in [-0.15, -0.1) is 11.8 Å². The summed E-state index contributed by atoms with van der Waals surface area (Å²) in [6.45, 7) is 4.13. The van der Waals surface area contributed by atoms with Crippen LogP contribution >= 0.6 is 11.8 Å². The predicted octanol–water partition coefficient (Wildman–Crippen LogP) is 3.66. The van der Waals surface area contributed by atoms with Crippen LogP contribution in [0.2, 0.25) is 0 Å². The van der Waals surface area contributed by atoms with Crippen LogP contribution in [0.1, 0.15) is 42.2 Å². The van der Waals surface area contributed by atoms with Gasteiger partial charge >= 0.3 is 0 Å². The van der Waals surface area contributed by atoms with Gasteiger partial charge in [0.05, 0.1) is 16.5 Å². The van der Waals surface area contributed by atoms with Crippen LogP contribution in [0, 0.1) is 5.82 Å². The number of carbonyl (C=O) groups is 1. The van der Waals surface area contributed by atoms with Gasteiger partial charge in [0.1, 0.15) is 5.82 Å². The molecule has 0 fully saturated rings. The molecule has 1 aliphatic heterocycles. The molecule has 0 spiro atoms. The van der Waals surface area contributed by atoms with Crippen molar-refractivity contribution >= 4 is 38.6 Å². The van der Waals surface area contributed by atoms with E-state index in [2.05, 4.69) is 10.3 Å². The summed E-state index contributed by atoms with van der Waals surface area (Å²) in [5.41, 5.74) is 0.648. The summed E-state index contributed by atoms with van der Waals surface area (Å²) in [5, 5.41) is 3.23. The normalized spacial score (nSPS) is 16.1. The minimum atomic E-state index is -3.75. The number of amides is 1. The van der Waals surface area contributed by atoms with Crippen molar-refractivity contribution in [1.82, 2.24) is 14.6 Å². The molecule has 1 atom stereocenters. The molecule has 2 N–H and O–H groups in total. The van der Waals surface area contributed by atoms with Crippen molar-refractivity contribution in [2.24, 2.45) is 0 Å². The molecule has 1 aromatic heterocycles. The Morgan fingerprint density at radius 2 is 1.97 bits per heavy atom. The van der Waals surface area contributed by atoms with E-state index in [0.29, 0.717) is 46.6 Å². The zero-order valence-electron chi connectivity index (χ0n) is 18.2. The van der Waals surface area contributed by atoms with Crippen molar-refractivity contribution in [3.05, 3.63) is 69.8 Å². The van der Waals surface area contributed by atoms with E-state index < -0.39 is 27.5 Å². The molecule has 0 radical (unpaired) electrons. The number of pyridine rings is 1. The van der Waals surface area contributed by atoms with Crippen LogP contribution < -0.4 is 10.9 Å². The Morgan fingerprint density at radius 1 is 1.21 bits per heavy atom. The van der Waals surface area contributed by atoms with E-state index in [9.17, 15) is 22.4 Å². The average molecular weight is 490 g/mol. The third-order valence-electron chi connectivity index (χ3n) is 5.73. The molecule has 33 heavy (non-hydrogen) atoms. The molecule has 10 heteroatoms. The van der Waals surface area contributed by atoms with Gasteiger partial charge < -0.3 is 10.3 Å². The lowest BCUT2D eigenvalue weighted by Crippen LogP contribution is -2.32. The van der Waals surface area contributed by atoms with Crippen LogP contribution in [0.5, 0.6) is 0 Å². The number of H-pyrrole nitrogens is 1. The number of halogens is 1. The van der Waals surface area contributed by atoms with Gasteiger partial charge in [-0.25, -0.2) is 12.8 Å². The van der Waals surface area contributed by atoms with Gasteiger partial charge in [-0.1, -0.05) is 26.0 Å². The molecule has 1 amide bonds. The summed E-state index contributed by atoms with van der Waals surface area (Å²) in [6, 6.07) is 9.84. The SMILES string of the molecule is CCN(CC)S(=O)(=O)c1ccc2[nH]c(=O)cc(C(=O)NC3CCSc4c(F)cccc43)c2c1. The van der Waals surface area contributed by atoms with E-state index >= 15 is 0 Å². The number of nitrogens with one attached hydrogen (secondary N) is 2. The van der Waals surface area contributed by atoms with Crippen molar-refractivity contribution in [2.75, 3.05) is 18.8 Å². The van der Waals surface area contributed by atoms with Gasteiger partial charge in [0.25, 0.3) is 5.91 Å². The van der Waals surface area contributed by atoms with Gasteiger partial charge in [-0.05, 0) is 36.2 Å². The fraction of sp³-hybridized carbons (Fsp3) is 0.304. The Bertz CT molecular complexity index is 1380. The Kier molecular flexibility index (Phi) is 6.60. The molecule has 7 nitrogen and oxygen atoms in total. The number of nitrogens with zero attached hydrogens (tertiary/aromatic N) is 1. The molecule has 0 bridgehead atoms. The number of hydrogen-bond acceptors (Lipinski definition) is 5. The molecule has 174 valence electrons. The highest BCUT2D eigenvalue weighted by atomic mass is 32.2. The fourth-order valence-corrected chi connectivity index (χ4v) is 6.69. The first-order chi connectivity index (χ1) is 15.8. The zero-order valence-corrected chi connectivity index (χ0v) is 19.9. The van der Waals surface area contributed by atoms with E-state index in [1.54, 1.807) is 26.0 Å². The number of thioether (sulfide) groups is 1. The van der Waals surface area contributed by atoms with Crippen molar-refractivity contribution in [2.45, 2.75) is 36.1 Å². The second kappa shape index (κ2) is 9.28. The van der Waals surface area contributed by atoms with Crippen LogP contribution in [0.25, 0.3) is 10.9 Å². The number of rotatable bonds is 6. The highest BCUT2D eigenvalue weighted by Crippen LogP contribution is 2.38. The molecular weight excluding hydrogens is 465 g/mol. The Labute approximate surface area is 195 Å². The van der Waals surface area contributed by atoms with E-state index in [4.69, 9.17) is 0 Å². The summed E-state index contributed by atoms with van der Waals surface area (Å²) in [6.07, 6.45) is 0.607. The number of carbonyl (C=O) groups excluding carboxylic acids is 1. The molecule has 3 aromatic rings. The Hall–Kier alpha value is -2.69. The number of aromatic nitrogens is 1. The lowest BCUT2D eigenvalue weighted by atomic mass is 10.0. The third-order valence-corrected chi connectivity index (χ3v) is 8.94. The summed E-state index contributed by atoms with van der Waals surface area (Å²) >= 11 is 1.41. The molecule has 0 saturated heterocycles. The van der Waals surface area contributed by atoms with E-state index in [1.807, 2.05) is 0 Å². The fourth-order valence-electron chi connectivity index (χ4n) is 4.07. The molecule has 2 heterocycles. The van der Waals surface area contributed by atoms with Gasteiger partial charge in [0.2, 0.25) is 15.6 Å². The van der Waals surface area contributed by atoms with Crippen LogP contribution in [0.15, 0.2) is 57.1 Å². The van der Waals surface area contributed by atoms with Crippen LogP contribution in [-0.4, -0.2) is 42.5 Å². The molecule has 2 aromatic carbocycles. The lowest BCUT2D eigenvalue weighted by molar-refractivity contribution is 0.0936. The molecule has 0 saturated carbocycles. The summed E-state index contributed by atoms with van der Waals surface area (Å²) in [5.74, 6) is -0.207. The summed E-state index contributed by atoms with van der Waals surface area (Å²) in [7, 11) is -3.75. The van der Waals surface area contributed by atoms with Gasteiger partial charge in [0, 0.05) is 40.7 Å². The van der Waals surface area contributed by atoms with Crippen LogP contribution in [0.3, 0.4) is 0 Å². The minimum absolute atomic E-state index is 0.0429. The first-order valence-corrected chi connectivity index (χ1v) is 13.1. The topological polar surface area (TPSA) is 99.3 Å². The maximum Gasteiger partial charge on any atom is 0.252 e. The van der Waals surface area contributed by atoms with Crippen molar-refractivity contribution in [3.63, 3.8) is 0 Å². The standard InChI is InChI=1S/C23H24FN3O4S2/c1-3-27(4-2)33(30,31)14-8-9-19-16(12-14)17(13-21(28)25-19)23(29)26-20-10-11-32-22-15(20)6-5-7-18(22)24/h5-9,12-13,20H,3-4,10-11H2,1-2H3,(H,25,28)(H,26,29). The van der Waals surface area contributed by atoms with E-state index in [-0.39, 0.29) is 16.3 Å². The number of benzene rings is 2. The van der Waals surface area contributed by atoms with Gasteiger partial charge in [-0.3, -0.25) is 9.59 Å². The van der Waals surface area contributed by atoms with Crippen molar-refractivity contribution in [1.29, 1.82) is 0 Å². The lowest BCUT2D eigenvalue weighted by Gasteiger charge is -2.26. The third kappa shape index (κ3) is 4.42. The Morgan fingerprint density at radius 3 is 2.70 bits per heavy atom. The van der Waals surface area contributed by atoms with E-state index in [0.717, 1.165) is 6.07 Å². The highest BCUT2D eigenvalue weighted by Gasteiger charge is 2.27. The van der Waals surface area contributed by atoms with E-state index in [1.165, 1.54) is 40.3 Å². The monoisotopic (exact) mass is 489 g/mol. The van der Waals surface area contributed by atoms with Gasteiger partial charge in [0.15, 0.2) is 0 Å². The average Bonchev–Trinajstić information content (AvgIpc) is 2.79. The van der Waals surface area contributed by atoms with Crippen molar-refractivity contribution in [3.8, 4) is 0 Å². The predicted molar refractivity (Wildman–Crippen MR) is 127 cm³/mol. The maximum absolute atomic E-state index is 14.2. The Balaban J connectivity index is 1.76. The number of hydrogen-bond donors (Lipinski definition) is 2. The van der Waals surface area contributed by atoms with Crippen molar-refractivity contribution < 1.29 is 17.6 Å². The summed E-state index contributed by atoms with van der Waals surface area (Å²) in [4.78, 5) is 28.7. The largest absolute Gasteiger partial charge is 0.345 e. The maximum atomic E-state index is 14.2. The first kappa shape index (κ1) is 23.5. The second-order valence-electron chi connectivity index (χ2n) is 7.67. The zero-order chi connectivity index (χ0) is 23.8. The van der Waals surface area contributed by atoms with Crippen LogP contribution in [-0.2, 0) is 10.0 Å². The van der Waals surface area contributed by atoms with Gasteiger partial charge in [-0.2, -0.15) is 4.31 Å². The molecule has 1 aliphatic rings. The van der Waals surface area contributed by atoms with Crippen LogP contribution in [0.4, 0.5) is 4.39 Å². The number of fused-ring (bicyclic) bond motifs is 2. The smallest absolute Gasteiger partial charge is 0.252 e. The molecular formula is C23H24FN3O4S2. The molecule has 4 rings (SSSR count). The summed E-state index contributed by atoms with van der Waals surface area (Å²) < 4.78 is 41.5. The molecule has 0 aliphatic carbocycles. The number of sulfonamides is 1. The number of aromatic amines is 1. The molecule has 1 unspecified atom stereocenters. The minimum Gasteiger partial charge on any atom is -0.345 e. The first-order valence-electron chi connectivity index (χ1n) is 10.7. The highest BCUT2D eigenvalue weighted by molar-refractivity contribution is 7.99.